The number of hydrogen-bond donors (Lipinski definition) is 2. The fourth-order valence-electron chi connectivity index (χ4n) is 2.87. The fraction of sp³-hybridized carbons (Fsp3) is 0.200. The summed E-state index contributed by atoms with van der Waals surface area (Å²) < 4.78 is 5.25. The topological polar surface area (TPSA) is 71.3 Å². The molecule has 0 aliphatic heterocycles. The van der Waals surface area contributed by atoms with E-state index in [1.165, 1.54) is 0 Å². The van der Waals surface area contributed by atoms with E-state index in [0.717, 1.165) is 11.1 Å². The van der Waals surface area contributed by atoms with E-state index in [9.17, 15) is 9.59 Å². The molecule has 5 heteroatoms. The van der Waals surface area contributed by atoms with Crippen LogP contribution < -0.4 is 10.6 Å². The van der Waals surface area contributed by atoms with E-state index in [-0.39, 0.29) is 23.6 Å². The number of furan rings is 1. The molecule has 0 fully saturated rings. The highest BCUT2D eigenvalue weighted by Crippen LogP contribution is 2.22. The summed E-state index contributed by atoms with van der Waals surface area (Å²) in [6.07, 6.45) is 3.20. The molecule has 0 saturated heterocycles. The van der Waals surface area contributed by atoms with Crippen LogP contribution in [0.5, 0.6) is 0 Å². The zero-order chi connectivity index (χ0) is 21.6. The summed E-state index contributed by atoms with van der Waals surface area (Å²) in [5.74, 6) is -0.104. The lowest BCUT2D eigenvalue weighted by atomic mass is 9.87. The van der Waals surface area contributed by atoms with Crippen LogP contribution in [-0.4, -0.2) is 11.8 Å². The number of carbonyl (C=O) groups is 2. The fourth-order valence-corrected chi connectivity index (χ4v) is 2.87. The molecule has 2 N–H and O–H groups in total. The van der Waals surface area contributed by atoms with Crippen molar-refractivity contribution in [3.8, 4) is 0 Å². The standard InChI is InChI=1S/C25H26N2O3/c1-25(2,3)20-13-11-19(12-14-20)23(28)27-22(16-18-8-5-4-6-9-18)24(29)26-17-21-10-7-15-30-21/h4-16H,17H2,1-3H3,(H,26,29)(H,27,28)/b22-16-. The Morgan fingerprint density at radius 2 is 1.63 bits per heavy atom. The molecule has 0 aliphatic carbocycles. The molecule has 5 nitrogen and oxygen atoms in total. The molecular formula is C25H26N2O3. The minimum absolute atomic E-state index is 0.000877. The van der Waals surface area contributed by atoms with E-state index in [4.69, 9.17) is 4.42 Å². The first-order valence-electron chi connectivity index (χ1n) is 9.82. The van der Waals surface area contributed by atoms with Crippen LogP contribution in [0, 0.1) is 0 Å². The number of hydrogen-bond acceptors (Lipinski definition) is 3. The van der Waals surface area contributed by atoms with Gasteiger partial charge in [-0.3, -0.25) is 9.59 Å². The van der Waals surface area contributed by atoms with Gasteiger partial charge in [0, 0.05) is 5.56 Å². The van der Waals surface area contributed by atoms with Crippen LogP contribution in [0.25, 0.3) is 6.08 Å². The average molecular weight is 402 g/mol. The molecule has 2 aromatic carbocycles. The predicted molar refractivity (Wildman–Crippen MR) is 118 cm³/mol. The molecule has 30 heavy (non-hydrogen) atoms. The molecule has 1 heterocycles. The lowest BCUT2D eigenvalue weighted by Crippen LogP contribution is -2.34. The number of amides is 2. The highest BCUT2D eigenvalue weighted by molar-refractivity contribution is 6.05. The van der Waals surface area contributed by atoms with Crippen molar-refractivity contribution < 1.29 is 14.0 Å². The predicted octanol–water partition coefficient (Wildman–Crippen LogP) is 4.66. The van der Waals surface area contributed by atoms with E-state index in [2.05, 4.69) is 31.4 Å². The summed E-state index contributed by atoms with van der Waals surface area (Å²) >= 11 is 0. The molecule has 154 valence electrons. The molecule has 0 saturated carbocycles. The second-order valence-electron chi connectivity index (χ2n) is 8.01. The van der Waals surface area contributed by atoms with Gasteiger partial charge in [0.2, 0.25) is 0 Å². The van der Waals surface area contributed by atoms with Crippen LogP contribution in [0.15, 0.2) is 83.1 Å². The third kappa shape index (κ3) is 5.70. The SMILES string of the molecule is CC(C)(C)c1ccc(C(=O)N/C(=C\c2ccccc2)C(=O)NCc2ccco2)cc1. The van der Waals surface area contributed by atoms with Gasteiger partial charge in [0.25, 0.3) is 11.8 Å². The second kappa shape index (κ2) is 9.27. The maximum Gasteiger partial charge on any atom is 0.268 e. The summed E-state index contributed by atoms with van der Waals surface area (Å²) in [4.78, 5) is 25.6. The first kappa shape index (κ1) is 21.1. The van der Waals surface area contributed by atoms with Crippen molar-refractivity contribution in [2.75, 3.05) is 0 Å². The van der Waals surface area contributed by atoms with Crippen LogP contribution in [0.4, 0.5) is 0 Å². The number of rotatable bonds is 6. The van der Waals surface area contributed by atoms with Gasteiger partial charge in [0.05, 0.1) is 12.8 Å². The molecule has 0 unspecified atom stereocenters. The molecule has 0 atom stereocenters. The van der Waals surface area contributed by atoms with Gasteiger partial charge in [-0.25, -0.2) is 0 Å². The van der Waals surface area contributed by atoms with Crippen LogP contribution in [-0.2, 0) is 16.8 Å². The van der Waals surface area contributed by atoms with Crippen molar-refractivity contribution in [2.24, 2.45) is 0 Å². The summed E-state index contributed by atoms with van der Waals surface area (Å²) in [7, 11) is 0. The monoisotopic (exact) mass is 402 g/mol. The lowest BCUT2D eigenvalue weighted by molar-refractivity contribution is -0.118. The van der Waals surface area contributed by atoms with Gasteiger partial charge in [-0.2, -0.15) is 0 Å². The number of benzene rings is 2. The first-order valence-corrected chi connectivity index (χ1v) is 9.82. The van der Waals surface area contributed by atoms with Crippen LogP contribution in [0.3, 0.4) is 0 Å². The van der Waals surface area contributed by atoms with Gasteiger partial charge in [-0.05, 0) is 46.9 Å². The third-order valence-electron chi connectivity index (χ3n) is 4.62. The highest BCUT2D eigenvalue weighted by atomic mass is 16.3. The van der Waals surface area contributed by atoms with E-state index >= 15 is 0 Å². The van der Waals surface area contributed by atoms with E-state index in [1.807, 2.05) is 42.5 Å². The van der Waals surface area contributed by atoms with Gasteiger partial charge in [0.1, 0.15) is 11.5 Å². The van der Waals surface area contributed by atoms with Gasteiger partial charge >= 0.3 is 0 Å². The average Bonchev–Trinajstić information content (AvgIpc) is 3.25. The van der Waals surface area contributed by atoms with Crippen molar-refractivity contribution >= 4 is 17.9 Å². The van der Waals surface area contributed by atoms with Gasteiger partial charge < -0.3 is 15.1 Å². The Morgan fingerprint density at radius 3 is 2.23 bits per heavy atom. The smallest absolute Gasteiger partial charge is 0.268 e. The number of carbonyl (C=O) groups excluding carboxylic acids is 2. The Bertz CT molecular complexity index is 1010. The van der Waals surface area contributed by atoms with Crippen molar-refractivity contribution in [3.63, 3.8) is 0 Å². The molecule has 3 rings (SSSR count). The molecule has 0 aliphatic rings. The van der Waals surface area contributed by atoms with Gasteiger partial charge in [0.15, 0.2) is 0 Å². The summed E-state index contributed by atoms with van der Waals surface area (Å²) in [5.41, 5.74) is 2.59. The van der Waals surface area contributed by atoms with Gasteiger partial charge in [-0.15, -0.1) is 0 Å². The molecule has 0 spiro atoms. The zero-order valence-electron chi connectivity index (χ0n) is 17.4. The third-order valence-corrected chi connectivity index (χ3v) is 4.62. The van der Waals surface area contributed by atoms with E-state index in [1.54, 1.807) is 36.6 Å². The quantitative estimate of drug-likeness (QED) is 0.589. The second-order valence-corrected chi connectivity index (χ2v) is 8.01. The molecular weight excluding hydrogens is 376 g/mol. The summed E-state index contributed by atoms with van der Waals surface area (Å²) in [5, 5.41) is 5.52. The van der Waals surface area contributed by atoms with Crippen LogP contribution in [0.1, 0.15) is 48.0 Å². The van der Waals surface area contributed by atoms with Crippen molar-refractivity contribution in [2.45, 2.75) is 32.7 Å². The molecule has 1 aromatic heterocycles. The maximum absolute atomic E-state index is 12.8. The van der Waals surface area contributed by atoms with Crippen molar-refractivity contribution in [1.29, 1.82) is 0 Å². The minimum atomic E-state index is -0.394. The molecule has 2 amide bonds. The summed E-state index contributed by atoms with van der Waals surface area (Å²) in [6, 6.07) is 20.3. The molecule has 0 bridgehead atoms. The largest absolute Gasteiger partial charge is 0.467 e. The maximum atomic E-state index is 12.8. The normalized spacial score (nSPS) is 11.8. The Balaban J connectivity index is 1.78. The van der Waals surface area contributed by atoms with E-state index in [0.29, 0.717) is 11.3 Å². The number of nitrogens with one attached hydrogen (secondary N) is 2. The summed E-state index contributed by atoms with van der Waals surface area (Å²) in [6.45, 7) is 6.58. The molecule has 3 aromatic rings. The lowest BCUT2D eigenvalue weighted by Gasteiger charge is -2.19. The first-order chi connectivity index (χ1) is 14.3. The van der Waals surface area contributed by atoms with Gasteiger partial charge in [-0.1, -0.05) is 63.2 Å². The Kier molecular flexibility index (Phi) is 6.52. The van der Waals surface area contributed by atoms with Crippen molar-refractivity contribution in [3.05, 3.63) is 101 Å². The van der Waals surface area contributed by atoms with E-state index < -0.39 is 5.91 Å². The van der Waals surface area contributed by atoms with Crippen LogP contribution in [0.2, 0.25) is 0 Å². The Morgan fingerprint density at radius 1 is 0.933 bits per heavy atom. The molecule has 0 radical (unpaired) electrons. The minimum Gasteiger partial charge on any atom is -0.467 e. The van der Waals surface area contributed by atoms with Crippen molar-refractivity contribution in [1.82, 2.24) is 10.6 Å². The zero-order valence-corrected chi connectivity index (χ0v) is 17.4. The highest BCUT2D eigenvalue weighted by Gasteiger charge is 2.17. The Labute approximate surface area is 176 Å². The Hall–Kier alpha value is -3.60. The van der Waals surface area contributed by atoms with Crippen LogP contribution >= 0.6 is 0 Å².